The molecule has 0 aliphatic carbocycles. The molecule has 0 radical (unpaired) electrons. The maximum Gasteiger partial charge on any atom is 0.490 e. The van der Waals surface area contributed by atoms with Crippen LogP contribution in [0.3, 0.4) is 0 Å². The number of carboxylic acids is 2. The summed E-state index contributed by atoms with van der Waals surface area (Å²) >= 11 is 0. The molecule has 0 saturated carbocycles. The van der Waals surface area contributed by atoms with E-state index in [0.717, 1.165) is 56.6 Å². The highest BCUT2D eigenvalue weighted by Gasteiger charge is 2.40. The highest BCUT2D eigenvalue weighted by atomic mass is 19.4. The second kappa shape index (κ2) is 15.9. The number of piperazine rings is 1. The maximum absolute atomic E-state index is 14.5. The molecule has 2 aliphatic heterocycles. The molecule has 21 heteroatoms. The van der Waals surface area contributed by atoms with E-state index in [9.17, 15) is 35.5 Å². The number of carbonyl (C=O) groups excluding carboxylic acids is 1. The van der Waals surface area contributed by atoms with Gasteiger partial charge in [0.2, 0.25) is 0 Å². The number of amides is 1. The molecule has 1 aromatic carbocycles. The minimum Gasteiger partial charge on any atom is -0.475 e. The zero-order chi connectivity index (χ0) is 39.3. The summed E-state index contributed by atoms with van der Waals surface area (Å²) in [6.07, 6.45) is 2.99. The smallest absolute Gasteiger partial charge is 0.475 e. The summed E-state index contributed by atoms with van der Waals surface area (Å²) in [5.74, 6) is -3.68. The second-order valence-electron chi connectivity index (χ2n) is 11.9. The van der Waals surface area contributed by atoms with Crippen molar-refractivity contribution in [1.29, 1.82) is 0 Å². The summed E-state index contributed by atoms with van der Waals surface area (Å²) in [5.41, 5.74) is 3.11. The first kappa shape index (κ1) is 40.0. The molecule has 3 N–H and O–H groups in total. The Morgan fingerprint density at radius 2 is 1.57 bits per heavy atom. The van der Waals surface area contributed by atoms with Gasteiger partial charge in [-0.25, -0.2) is 19.0 Å². The molecular weight excluding hydrogens is 723 g/mol. The number of aryl methyl sites for hydroxylation is 2. The third kappa shape index (κ3) is 10.4. The van der Waals surface area contributed by atoms with Crippen LogP contribution in [0, 0.1) is 25.1 Å². The second-order valence-corrected chi connectivity index (χ2v) is 11.9. The van der Waals surface area contributed by atoms with Gasteiger partial charge < -0.3 is 24.8 Å². The maximum atomic E-state index is 14.5. The topological polar surface area (TPSA) is 170 Å². The van der Waals surface area contributed by atoms with Crippen LogP contribution in [0.4, 0.5) is 42.1 Å². The van der Waals surface area contributed by atoms with Crippen LogP contribution >= 0.6 is 0 Å². The summed E-state index contributed by atoms with van der Waals surface area (Å²) in [5, 5.41) is 31.1. The van der Waals surface area contributed by atoms with E-state index in [1.165, 1.54) is 6.07 Å². The number of nitrogens with zero attached hydrogens (tertiary/aromatic N) is 8. The Kier molecular flexibility index (Phi) is 12.0. The van der Waals surface area contributed by atoms with Gasteiger partial charge >= 0.3 is 24.3 Å². The monoisotopic (exact) mass is 755 g/mol. The minimum absolute atomic E-state index is 0.225. The lowest BCUT2D eigenvalue weighted by molar-refractivity contribution is -0.193. The molecule has 6 rings (SSSR count). The third-order valence-corrected chi connectivity index (χ3v) is 7.98. The number of nitrogens with one attached hydrogen (secondary N) is 1. The number of alkyl halides is 6. The number of hydrogen-bond donors (Lipinski definition) is 3. The number of halogens is 7. The largest absolute Gasteiger partial charge is 0.490 e. The van der Waals surface area contributed by atoms with Gasteiger partial charge in [-0.1, -0.05) is 0 Å². The molecule has 3 aromatic heterocycles. The molecule has 0 spiro atoms. The Hall–Kier alpha value is -5.78. The average molecular weight is 756 g/mol. The number of benzene rings is 1. The van der Waals surface area contributed by atoms with E-state index in [2.05, 4.69) is 41.3 Å². The zero-order valence-corrected chi connectivity index (χ0v) is 28.0. The first-order chi connectivity index (χ1) is 24.7. The molecular formula is C32H32F7N9O5. The fourth-order valence-corrected chi connectivity index (χ4v) is 5.33. The quantitative estimate of drug-likeness (QED) is 0.160. The van der Waals surface area contributed by atoms with E-state index >= 15 is 0 Å². The molecule has 53 heavy (non-hydrogen) atoms. The number of aliphatic carboxylic acids is 2. The number of carbonyl (C=O) groups is 3. The Balaban J connectivity index is 0.000000381. The molecule has 1 fully saturated rings. The SMILES string of the molecule is C#CCCC1(CCN2CCN(c3ccc(C(=O)Nc4cc(F)c5nc(C)cn5c4)c4nn(C)cc34)CC2)N=N1.O=C(O)C(F)(F)F.O=C(O)C(F)(F)F. The summed E-state index contributed by atoms with van der Waals surface area (Å²) in [7, 11) is 1.85. The normalized spacial score (nSPS) is 15.2. The molecule has 14 nitrogen and oxygen atoms in total. The van der Waals surface area contributed by atoms with Crippen molar-refractivity contribution in [3.05, 3.63) is 53.9 Å². The molecule has 0 bridgehead atoms. The van der Waals surface area contributed by atoms with Crippen molar-refractivity contribution < 1.29 is 55.3 Å². The number of carboxylic acid groups (broad SMARTS) is 2. The standard InChI is InChI=1S/C28H30FN9O.2C2HF3O2/c1-4-5-8-28(33-34-28)9-10-36-11-13-37(14-12-36)24-7-6-21(25-22(24)18-35(3)32-25)27(39)31-20-15-23(29)26-30-19(2)16-38(26)17-20;2*3-2(4,5)1(6)7/h1,6-7,15-18H,5,8-14H2,2-3H3,(H,31,39);2*(H,6,7). The van der Waals surface area contributed by atoms with E-state index < -0.39 is 30.1 Å². The van der Waals surface area contributed by atoms with Crippen molar-refractivity contribution >= 4 is 45.8 Å². The van der Waals surface area contributed by atoms with Gasteiger partial charge in [0.25, 0.3) is 5.91 Å². The fraction of sp³-hybridized carbons (Fsp3) is 0.406. The predicted octanol–water partition coefficient (Wildman–Crippen LogP) is 5.28. The van der Waals surface area contributed by atoms with Crippen molar-refractivity contribution in [2.24, 2.45) is 17.3 Å². The first-order valence-corrected chi connectivity index (χ1v) is 15.6. The summed E-state index contributed by atoms with van der Waals surface area (Å²) in [4.78, 5) is 40.0. The number of terminal acetylenes is 1. The molecule has 4 aromatic rings. The van der Waals surface area contributed by atoms with Crippen LogP contribution in [0.5, 0.6) is 0 Å². The van der Waals surface area contributed by atoms with Crippen LogP contribution in [0.25, 0.3) is 16.6 Å². The van der Waals surface area contributed by atoms with E-state index in [-0.39, 0.29) is 17.2 Å². The van der Waals surface area contributed by atoms with Crippen LogP contribution < -0.4 is 10.2 Å². The van der Waals surface area contributed by atoms with E-state index in [1.807, 2.05) is 19.3 Å². The highest BCUT2D eigenvalue weighted by Crippen LogP contribution is 2.37. The fourth-order valence-electron chi connectivity index (χ4n) is 5.33. The molecule has 2 aliphatic rings. The number of aromatic nitrogens is 4. The molecule has 0 unspecified atom stereocenters. The molecule has 284 valence electrons. The van der Waals surface area contributed by atoms with Crippen molar-refractivity contribution in [3.63, 3.8) is 0 Å². The van der Waals surface area contributed by atoms with Crippen LogP contribution in [0.15, 0.2) is 47.0 Å². The zero-order valence-electron chi connectivity index (χ0n) is 28.0. The van der Waals surface area contributed by atoms with Gasteiger partial charge in [-0.15, -0.1) is 12.3 Å². The molecule has 1 amide bonds. The number of anilines is 2. The van der Waals surface area contributed by atoms with Gasteiger partial charge in [0.05, 0.1) is 16.9 Å². The summed E-state index contributed by atoms with van der Waals surface area (Å²) in [6.45, 7) is 6.32. The molecule has 0 atom stereocenters. The Labute approximate surface area is 295 Å². The lowest BCUT2D eigenvalue weighted by Crippen LogP contribution is -2.47. The van der Waals surface area contributed by atoms with E-state index in [4.69, 9.17) is 26.2 Å². The van der Waals surface area contributed by atoms with Gasteiger partial charge in [0, 0.05) is 94.8 Å². The van der Waals surface area contributed by atoms with Crippen LogP contribution in [-0.2, 0) is 16.6 Å². The summed E-state index contributed by atoms with van der Waals surface area (Å²) in [6, 6.07) is 5.06. The van der Waals surface area contributed by atoms with Crippen LogP contribution in [0.1, 0.15) is 35.3 Å². The van der Waals surface area contributed by atoms with Crippen molar-refractivity contribution in [3.8, 4) is 12.3 Å². The van der Waals surface area contributed by atoms with Gasteiger partial charge in [-0.3, -0.25) is 14.4 Å². The average Bonchev–Trinajstić information content (AvgIpc) is 3.57. The van der Waals surface area contributed by atoms with E-state index in [1.54, 1.807) is 34.5 Å². The minimum atomic E-state index is -5.08. The van der Waals surface area contributed by atoms with Crippen LogP contribution in [-0.4, -0.2) is 103 Å². The highest BCUT2D eigenvalue weighted by molar-refractivity contribution is 6.13. The van der Waals surface area contributed by atoms with Crippen molar-refractivity contribution in [2.75, 3.05) is 42.9 Å². The number of fused-ring (bicyclic) bond motifs is 2. The predicted molar refractivity (Wildman–Crippen MR) is 175 cm³/mol. The Morgan fingerprint density at radius 3 is 2.11 bits per heavy atom. The number of hydrogen-bond acceptors (Lipinski definition) is 9. The number of pyridine rings is 1. The van der Waals surface area contributed by atoms with Gasteiger partial charge in [0.15, 0.2) is 17.1 Å². The first-order valence-electron chi connectivity index (χ1n) is 15.6. The number of rotatable bonds is 8. The third-order valence-electron chi connectivity index (χ3n) is 7.98. The van der Waals surface area contributed by atoms with Crippen molar-refractivity contribution in [1.82, 2.24) is 24.1 Å². The van der Waals surface area contributed by atoms with Gasteiger partial charge in [-0.2, -0.15) is 41.7 Å². The lowest BCUT2D eigenvalue weighted by atomic mass is 10.0. The Morgan fingerprint density at radius 1 is 0.962 bits per heavy atom. The number of imidazole rings is 1. The van der Waals surface area contributed by atoms with E-state index in [0.29, 0.717) is 28.9 Å². The molecule has 1 saturated heterocycles. The van der Waals surface area contributed by atoms with Crippen LogP contribution in [0.2, 0.25) is 0 Å². The molecule has 5 heterocycles. The lowest BCUT2D eigenvalue weighted by Gasteiger charge is -2.36. The Bertz CT molecular complexity index is 2030. The van der Waals surface area contributed by atoms with Gasteiger partial charge in [-0.05, 0) is 19.1 Å². The van der Waals surface area contributed by atoms with Crippen molar-refractivity contribution in [2.45, 2.75) is 44.2 Å². The van der Waals surface area contributed by atoms with Gasteiger partial charge in [0.1, 0.15) is 5.52 Å². The summed E-state index contributed by atoms with van der Waals surface area (Å²) < 4.78 is 81.3.